The van der Waals surface area contributed by atoms with E-state index < -0.39 is 0 Å². The zero-order chi connectivity index (χ0) is 12.8. The predicted octanol–water partition coefficient (Wildman–Crippen LogP) is 3.06. The molecule has 0 aliphatic carbocycles. The number of thiophene rings is 1. The van der Waals surface area contributed by atoms with Crippen LogP contribution in [0.15, 0.2) is 36.4 Å². The Hall–Kier alpha value is -1.16. The molecule has 0 radical (unpaired) electrons. The van der Waals surface area contributed by atoms with Crippen molar-refractivity contribution in [1.82, 2.24) is 5.32 Å². The average molecular weight is 260 g/mol. The minimum Gasteiger partial charge on any atom is -0.326 e. The monoisotopic (exact) mass is 260 g/mol. The van der Waals surface area contributed by atoms with Crippen molar-refractivity contribution in [3.05, 3.63) is 57.3 Å². The standard InChI is InChI=1S/C15H20N2S/c1-2-14-7-8-15(18-14)11-17-10-13-5-3-12(9-16)4-6-13/h3-8,17H,2,9-11,16H2,1H3. The lowest BCUT2D eigenvalue weighted by Crippen LogP contribution is -2.11. The highest BCUT2D eigenvalue weighted by atomic mass is 32.1. The Kier molecular flexibility index (Phi) is 4.93. The van der Waals surface area contributed by atoms with E-state index in [0.29, 0.717) is 6.54 Å². The van der Waals surface area contributed by atoms with Gasteiger partial charge in [-0.05, 0) is 29.7 Å². The number of nitrogens with two attached hydrogens (primary N) is 1. The SMILES string of the molecule is CCc1ccc(CNCc2ccc(CN)cc2)s1. The van der Waals surface area contributed by atoms with Crippen LogP contribution in [0.3, 0.4) is 0 Å². The molecule has 0 fully saturated rings. The van der Waals surface area contributed by atoms with Gasteiger partial charge in [0.15, 0.2) is 0 Å². The van der Waals surface area contributed by atoms with Crippen molar-refractivity contribution in [2.24, 2.45) is 5.73 Å². The van der Waals surface area contributed by atoms with Crippen LogP contribution in [0, 0.1) is 0 Å². The van der Waals surface area contributed by atoms with Gasteiger partial charge < -0.3 is 11.1 Å². The largest absolute Gasteiger partial charge is 0.326 e. The second-order valence-electron chi connectivity index (χ2n) is 4.35. The number of hydrogen-bond acceptors (Lipinski definition) is 3. The minimum atomic E-state index is 0.614. The molecule has 0 saturated heterocycles. The van der Waals surface area contributed by atoms with E-state index in [2.05, 4.69) is 48.6 Å². The first kappa shape index (κ1) is 13.3. The van der Waals surface area contributed by atoms with Gasteiger partial charge in [0.2, 0.25) is 0 Å². The van der Waals surface area contributed by atoms with Crippen LogP contribution in [0.5, 0.6) is 0 Å². The Morgan fingerprint density at radius 3 is 2.22 bits per heavy atom. The number of aryl methyl sites for hydroxylation is 1. The lowest BCUT2D eigenvalue weighted by Gasteiger charge is -2.04. The molecule has 0 spiro atoms. The summed E-state index contributed by atoms with van der Waals surface area (Å²) in [5, 5.41) is 3.47. The van der Waals surface area contributed by atoms with E-state index in [1.165, 1.54) is 20.9 Å². The maximum Gasteiger partial charge on any atom is 0.0303 e. The number of nitrogens with one attached hydrogen (secondary N) is 1. The molecular weight excluding hydrogens is 240 g/mol. The van der Waals surface area contributed by atoms with Crippen LogP contribution in [-0.4, -0.2) is 0 Å². The smallest absolute Gasteiger partial charge is 0.0303 e. The average Bonchev–Trinajstić information content (AvgIpc) is 2.87. The fourth-order valence-electron chi connectivity index (χ4n) is 1.83. The van der Waals surface area contributed by atoms with Crippen molar-refractivity contribution in [2.75, 3.05) is 0 Å². The molecule has 18 heavy (non-hydrogen) atoms. The molecule has 0 unspecified atom stereocenters. The quantitative estimate of drug-likeness (QED) is 0.837. The normalized spacial score (nSPS) is 10.8. The third-order valence-electron chi connectivity index (χ3n) is 2.95. The van der Waals surface area contributed by atoms with E-state index in [1.54, 1.807) is 0 Å². The molecule has 0 saturated carbocycles. The summed E-state index contributed by atoms with van der Waals surface area (Å²) >= 11 is 1.90. The second kappa shape index (κ2) is 6.69. The fourth-order valence-corrected chi connectivity index (χ4v) is 2.76. The Bertz CT molecular complexity index is 473. The second-order valence-corrected chi connectivity index (χ2v) is 5.60. The first-order valence-electron chi connectivity index (χ1n) is 6.38. The molecular formula is C15H20N2S. The first-order chi connectivity index (χ1) is 8.81. The summed E-state index contributed by atoms with van der Waals surface area (Å²) in [6.07, 6.45) is 1.13. The van der Waals surface area contributed by atoms with Gasteiger partial charge in [-0.1, -0.05) is 31.2 Å². The summed E-state index contributed by atoms with van der Waals surface area (Å²) in [6.45, 7) is 4.66. The van der Waals surface area contributed by atoms with Gasteiger partial charge in [-0.3, -0.25) is 0 Å². The van der Waals surface area contributed by atoms with E-state index in [1.807, 2.05) is 11.3 Å². The number of hydrogen-bond donors (Lipinski definition) is 2. The van der Waals surface area contributed by atoms with Crippen molar-refractivity contribution in [3.63, 3.8) is 0 Å². The topological polar surface area (TPSA) is 38.0 Å². The Morgan fingerprint density at radius 1 is 0.944 bits per heavy atom. The highest BCUT2D eigenvalue weighted by Gasteiger charge is 1.98. The molecule has 1 aromatic carbocycles. The molecule has 96 valence electrons. The zero-order valence-electron chi connectivity index (χ0n) is 10.8. The third kappa shape index (κ3) is 3.67. The molecule has 0 atom stereocenters. The van der Waals surface area contributed by atoms with Gasteiger partial charge in [0.05, 0.1) is 0 Å². The van der Waals surface area contributed by atoms with Crippen molar-refractivity contribution in [3.8, 4) is 0 Å². The van der Waals surface area contributed by atoms with Gasteiger partial charge in [-0.15, -0.1) is 11.3 Å². The summed E-state index contributed by atoms with van der Waals surface area (Å²) in [6, 6.07) is 12.9. The van der Waals surface area contributed by atoms with Gasteiger partial charge in [0.25, 0.3) is 0 Å². The Labute approximate surface area is 113 Å². The summed E-state index contributed by atoms with van der Waals surface area (Å²) < 4.78 is 0. The molecule has 0 amide bonds. The third-order valence-corrected chi connectivity index (χ3v) is 4.18. The van der Waals surface area contributed by atoms with Crippen LogP contribution >= 0.6 is 11.3 Å². The van der Waals surface area contributed by atoms with Crippen LogP contribution in [0.2, 0.25) is 0 Å². The van der Waals surface area contributed by atoms with Crippen molar-refractivity contribution >= 4 is 11.3 Å². The number of rotatable bonds is 6. The number of benzene rings is 1. The summed E-state index contributed by atoms with van der Waals surface area (Å²) in [7, 11) is 0. The van der Waals surface area contributed by atoms with Gasteiger partial charge in [0.1, 0.15) is 0 Å². The Balaban J connectivity index is 1.80. The molecule has 2 nitrogen and oxygen atoms in total. The molecule has 2 aromatic rings. The molecule has 0 aliphatic heterocycles. The van der Waals surface area contributed by atoms with E-state index >= 15 is 0 Å². The Morgan fingerprint density at radius 2 is 1.61 bits per heavy atom. The van der Waals surface area contributed by atoms with Crippen LogP contribution in [-0.2, 0) is 26.1 Å². The highest BCUT2D eigenvalue weighted by molar-refractivity contribution is 7.11. The molecule has 3 heteroatoms. The minimum absolute atomic E-state index is 0.614. The lowest BCUT2D eigenvalue weighted by molar-refractivity contribution is 0.700. The molecule has 0 bridgehead atoms. The van der Waals surface area contributed by atoms with Crippen molar-refractivity contribution in [1.29, 1.82) is 0 Å². The van der Waals surface area contributed by atoms with E-state index in [9.17, 15) is 0 Å². The van der Waals surface area contributed by atoms with Crippen LogP contribution < -0.4 is 11.1 Å². The molecule has 2 rings (SSSR count). The maximum absolute atomic E-state index is 5.58. The van der Waals surface area contributed by atoms with E-state index in [4.69, 9.17) is 5.73 Å². The lowest BCUT2D eigenvalue weighted by atomic mass is 10.1. The van der Waals surface area contributed by atoms with Crippen LogP contribution in [0.25, 0.3) is 0 Å². The van der Waals surface area contributed by atoms with Gasteiger partial charge >= 0.3 is 0 Å². The highest BCUT2D eigenvalue weighted by Crippen LogP contribution is 2.16. The molecule has 0 aliphatic rings. The van der Waals surface area contributed by atoms with Gasteiger partial charge in [0, 0.05) is 29.4 Å². The summed E-state index contributed by atoms with van der Waals surface area (Å²) in [4.78, 5) is 2.87. The fraction of sp³-hybridized carbons (Fsp3) is 0.333. The van der Waals surface area contributed by atoms with E-state index in [-0.39, 0.29) is 0 Å². The van der Waals surface area contributed by atoms with Crippen LogP contribution in [0.4, 0.5) is 0 Å². The first-order valence-corrected chi connectivity index (χ1v) is 7.19. The van der Waals surface area contributed by atoms with E-state index in [0.717, 1.165) is 19.5 Å². The van der Waals surface area contributed by atoms with Crippen LogP contribution in [0.1, 0.15) is 27.8 Å². The summed E-state index contributed by atoms with van der Waals surface area (Å²) in [5.74, 6) is 0. The molecule has 3 N–H and O–H groups in total. The zero-order valence-corrected chi connectivity index (χ0v) is 11.6. The predicted molar refractivity (Wildman–Crippen MR) is 78.6 cm³/mol. The van der Waals surface area contributed by atoms with Gasteiger partial charge in [-0.2, -0.15) is 0 Å². The molecule has 1 aromatic heterocycles. The van der Waals surface area contributed by atoms with Crippen molar-refractivity contribution in [2.45, 2.75) is 33.0 Å². The van der Waals surface area contributed by atoms with Crippen molar-refractivity contribution < 1.29 is 0 Å². The molecule has 1 heterocycles. The van der Waals surface area contributed by atoms with Gasteiger partial charge in [-0.25, -0.2) is 0 Å². The maximum atomic E-state index is 5.58. The summed E-state index contributed by atoms with van der Waals surface area (Å²) in [5.41, 5.74) is 8.07.